The van der Waals surface area contributed by atoms with Crippen molar-refractivity contribution in [2.45, 2.75) is 20.1 Å². The van der Waals surface area contributed by atoms with Crippen molar-refractivity contribution < 1.29 is 9.47 Å². The molecule has 1 aliphatic heterocycles. The number of rotatable bonds is 3. The average molecular weight is 293 g/mol. The Morgan fingerprint density at radius 2 is 2.05 bits per heavy atom. The zero-order chi connectivity index (χ0) is 13.2. The highest BCUT2D eigenvalue weighted by Crippen LogP contribution is 2.33. The van der Waals surface area contributed by atoms with Crippen molar-refractivity contribution in [1.82, 2.24) is 4.98 Å². The monoisotopic (exact) mass is 293 g/mol. The third-order valence-electron chi connectivity index (χ3n) is 2.87. The van der Waals surface area contributed by atoms with E-state index in [1.807, 2.05) is 6.92 Å². The van der Waals surface area contributed by atoms with Crippen LogP contribution >= 0.6 is 22.7 Å². The highest BCUT2D eigenvalue weighted by Gasteiger charge is 2.22. The quantitative estimate of drug-likeness (QED) is 0.856. The molecule has 19 heavy (non-hydrogen) atoms. The molecular formula is C14H15NO2S2. The topological polar surface area (TPSA) is 31.4 Å². The molecule has 0 spiro atoms. The van der Waals surface area contributed by atoms with Crippen LogP contribution in [0.1, 0.15) is 32.3 Å². The van der Waals surface area contributed by atoms with Crippen LogP contribution in [0.25, 0.3) is 12.2 Å². The van der Waals surface area contributed by atoms with Crippen molar-refractivity contribution in [3.63, 3.8) is 0 Å². The maximum absolute atomic E-state index is 5.55. The number of ether oxygens (including phenoxy) is 2. The summed E-state index contributed by atoms with van der Waals surface area (Å²) in [4.78, 5) is 6.80. The molecule has 3 heterocycles. The maximum atomic E-state index is 5.55. The molecule has 1 aliphatic rings. The molecule has 5 heteroatoms. The first-order valence-electron chi connectivity index (χ1n) is 6.16. The fourth-order valence-corrected chi connectivity index (χ4v) is 3.63. The Bertz CT molecular complexity index is 594. The highest BCUT2D eigenvalue weighted by atomic mass is 32.1. The van der Waals surface area contributed by atoms with Gasteiger partial charge in [0.05, 0.1) is 28.8 Å². The summed E-state index contributed by atoms with van der Waals surface area (Å²) >= 11 is 3.39. The van der Waals surface area contributed by atoms with Gasteiger partial charge in [-0.05, 0) is 37.6 Å². The normalized spacial score (nSPS) is 16.7. The van der Waals surface area contributed by atoms with Crippen LogP contribution in [0.3, 0.4) is 0 Å². The van der Waals surface area contributed by atoms with E-state index in [1.54, 1.807) is 22.7 Å². The van der Waals surface area contributed by atoms with Gasteiger partial charge in [0.1, 0.15) is 0 Å². The van der Waals surface area contributed by atoms with Crippen molar-refractivity contribution >= 4 is 34.8 Å². The van der Waals surface area contributed by atoms with E-state index in [9.17, 15) is 0 Å². The number of nitrogens with zero attached hydrogens (tertiary/aromatic N) is 1. The molecule has 0 aromatic carbocycles. The van der Waals surface area contributed by atoms with Crippen LogP contribution in [0, 0.1) is 13.8 Å². The second kappa shape index (κ2) is 5.54. The molecule has 0 unspecified atom stereocenters. The standard InChI is InChI=1S/C14H15NO2S2/c1-9-7-12(4-3-11-8-18-10(2)15-11)19-13(9)14-16-5-6-17-14/h3-4,7-8,14H,5-6H2,1-2H3/b4-3+. The van der Waals surface area contributed by atoms with E-state index in [0.717, 1.165) is 10.7 Å². The predicted octanol–water partition coefficient (Wildman–Crippen LogP) is 4.04. The van der Waals surface area contributed by atoms with Gasteiger partial charge in [-0.1, -0.05) is 0 Å². The van der Waals surface area contributed by atoms with Gasteiger partial charge in [0, 0.05) is 10.3 Å². The Balaban J connectivity index is 1.78. The summed E-state index contributed by atoms with van der Waals surface area (Å²) in [7, 11) is 0. The number of aryl methyl sites for hydroxylation is 2. The Kier molecular flexibility index (Phi) is 3.79. The summed E-state index contributed by atoms with van der Waals surface area (Å²) in [5, 5.41) is 3.16. The first-order valence-corrected chi connectivity index (χ1v) is 7.86. The summed E-state index contributed by atoms with van der Waals surface area (Å²) < 4.78 is 11.1. The second-order valence-electron chi connectivity index (χ2n) is 4.39. The minimum Gasteiger partial charge on any atom is -0.345 e. The lowest BCUT2D eigenvalue weighted by Gasteiger charge is -2.06. The van der Waals surface area contributed by atoms with Gasteiger partial charge >= 0.3 is 0 Å². The van der Waals surface area contributed by atoms with Gasteiger partial charge in [-0.2, -0.15) is 0 Å². The molecule has 2 aromatic rings. The van der Waals surface area contributed by atoms with E-state index in [-0.39, 0.29) is 6.29 Å². The smallest absolute Gasteiger partial charge is 0.193 e. The molecule has 0 atom stereocenters. The third kappa shape index (κ3) is 2.95. The van der Waals surface area contributed by atoms with Gasteiger partial charge in [-0.15, -0.1) is 22.7 Å². The first kappa shape index (κ1) is 13.0. The number of thiazole rings is 1. The van der Waals surface area contributed by atoms with E-state index in [4.69, 9.17) is 9.47 Å². The zero-order valence-electron chi connectivity index (χ0n) is 10.9. The minimum absolute atomic E-state index is 0.173. The third-order valence-corrected chi connectivity index (χ3v) is 4.88. The average Bonchev–Trinajstić information content (AvgIpc) is 3.07. The molecule has 0 aliphatic carbocycles. The number of hydrogen-bond donors (Lipinski definition) is 0. The van der Waals surface area contributed by atoms with Gasteiger partial charge in [-0.3, -0.25) is 0 Å². The molecule has 2 aromatic heterocycles. The first-order chi connectivity index (χ1) is 9.22. The number of hydrogen-bond acceptors (Lipinski definition) is 5. The van der Waals surface area contributed by atoms with Crippen LogP contribution in [0.4, 0.5) is 0 Å². The van der Waals surface area contributed by atoms with Crippen molar-refractivity contribution in [3.8, 4) is 0 Å². The van der Waals surface area contributed by atoms with E-state index >= 15 is 0 Å². The fourth-order valence-electron chi connectivity index (χ4n) is 1.97. The van der Waals surface area contributed by atoms with Crippen LogP contribution in [0.5, 0.6) is 0 Å². The van der Waals surface area contributed by atoms with E-state index in [0.29, 0.717) is 13.2 Å². The Hall–Kier alpha value is -1.01. The van der Waals surface area contributed by atoms with Gasteiger partial charge < -0.3 is 9.47 Å². The lowest BCUT2D eigenvalue weighted by Crippen LogP contribution is -1.95. The van der Waals surface area contributed by atoms with Gasteiger partial charge in [0.15, 0.2) is 6.29 Å². The summed E-state index contributed by atoms with van der Waals surface area (Å²) in [6.45, 7) is 5.49. The van der Waals surface area contributed by atoms with Crippen LogP contribution in [-0.4, -0.2) is 18.2 Å². The van der Waals surface area contributed by atoms with Crippen molar-refractivity contribution in [2.24, 2.45) is 0 Å². The predicted molar refractivity (Wildman–Crippen MR) is 79.5 cm³/mol. The Morgan fingerprint density at radius 3 is 2.74 bits per heavy atom. The van der Waals surface area contributed by atoms with Gasteiger partial charge in [0.2, 0.25) is 0 Å². The molecule has 0 saturated carbocycles. The van der Waals surface area contributed by atoms with Crippen molar-refractivity contribution in [1.29, 1.82) is 0 Å². The van der Waals surface area contributed by atoms with Gasteiger partial charge in [-0.25, -0.2) is 4.98 Å². The molecule has 1 saturated heterocycles. The van der Waals surface area contributed by atoms with E-state index in [1.165, 1.54) is 15.3 Å². The molecule has 100 valence electrons. The fraction of sp³-hybridized carbons (Fsp3) is 0.357. The van der Waals surface area contributed by atoms with E-state index in [2.05, 4.69) is 35.5 Å². The van der Waals surface area contributed by atoms with Crippen LogP contribution in [0.2, 0.25) is 0 Å². The summed E-state index contributed by atoms with van der Waals surface area (Å²) in [5.41, 5.74) is 2.24. The SMILES string of the molecule is Cc1nc(/C=C/c2cc(C)c(C3OCCO3)s2)cs1. The highest BCUT2D eigenvalue weighted by molar-refractivity contribution is 7.13. The lowest BCUT2D eigenvalue weighted by atomic mass is 10.2. The largest absolute Gasteiger partial charge is 0.345 e. The molecule has 3 rings (SSSR count). The molecular weight excluding hydrogens is 278 g/mol. The number of thiophene rings is 1. The van der Waals surface area contributed by atoms with Crippen LogP contribution in [-0.2, 0) is 9.47 Å². The van der Waals surface area contributed by atoms with Crippen LogP contribution < -0.4 is 0 Å². The lowest BCUT2D eigenvalue weighted by molar-refractivity contribution is -0.0417. The Labute approximate surface area is 120 Å². The molecule has 0 N–H and O–H groups in total. The van der Waals surface area contributed by atoms with Gasteiger partial charge in [0.25, 0.3) is 0 Å². The summed E-state index contributed by atoms with van der Waals surface area (Å²) in [6.07, 6.45) is 3.98. The maximum Gasteiger partial charge on any atom is 0.193 e. The van der Waals surface area contributed by atoms with Crippen molar-refractivity contribution in [3.05, 3.63) is 37.5 Å². The number of aromatic nitrogens is 1. The minimum atomic E-state index is -0.173. The molecule has 3 nitrogen and oxygen atoms in total. The second-order valence-corrected chi connectivity index (χ2v) is 6.57. The summed E-state index contributed by atoms with van der Waals surface area (Å²) in [6, 6.07) is 2.17. The molecule has 1 fully saturated rings. The molecule has 0 amide bonds. The molecule has 0 radical (unpaired) electrons. The Morgan fingerprint density at radius 1 is 1.26 bits per heavy atom. The summed E-state index contributed by atoms with van der Waals surface area (Å²) in [5.74, 6) is 0. The molecule has 0 bridgehead atoms. The van der Waals surface area contributed by atoms with E-state index < -0.39 is 0 Å². The zero-order valence-corrected chi connectivity index (χ0v) is 12.5. The van der Waals surface area contributed by atoms with Crippen molar-refractivity contribution in [2.75, 3.05) is 13.2 Å². The van der Waals surface area contributed by atoms with Crippen LogP contribution in [0.15, 0.2) is 11.4 Å².